The van der Waals surface area contributed by atoms with Crippen molar-refractivity contribution in [3.05, 3.63) is 83.0 Å². The van der Waals surface area contributed by atoms with Crippen LogP contribution in [0.1, 0.15) is 31.0 Å². The fourth-order valence-corrected chi connectivity index (χ4v) is 5.72. The van der Waals surface area contributed by atoms with Gasteiger partial charge in [0.15, 0.2) is 16.3 Å². The standard InChI is InChI=1S/C25H21BrN2O6S/c1-4-32-24(30)21-13(2)27-25-28(22(21)15-6-8-18-19(11-15)34-12-33-18)23(29)20(35-25)10-14-5-7-17(31-3)16(26)9-14/h5-11,22H,4,12H2,1-3H3/b20-10+/t22-/m1/s1. The summed E-state index contributed by atoms with van der Waals surface area (Å²) in [7, 11) is 1.59. The van der Waals surface area contributed by atoms with Crippen LogP contribution in [0.3, 0.4) is 0 Å². The van der Waals surface area contributed by atoms with Gasteiger partial charge in [0.1, 0.15) is 5.75 Å². The summed E-state index contributed by atoms with van der Waals surface area (Å²) in [5.74, 6) is 1.36. The fraction of sp³-hybridized carbons (Fsp3) is 0.240. The van der Waals surface area contributed by atoms with Gasteiger partial charge in [0, 0.05) is 0 Å². The Balaban J connectivity index is 1.70. The number of esters is 1. The Morgan fingerprint density at radius 2 is 2.06 bits per heavy atom. The first-order valence-corrected chi connectivity index (χ1v) is 12.4. The first-order chi connectivity index (χ1) is 16.9. The topological polar surface area (TPSA) is 88.4 Å². The van der Waals surface area contributed by atoms with Crippen LogP contribution in [0.2, 0.25) is 0 Å². The Hall–Kier alpha value is -3.37. The summed E-state index contributed by atoms with van der Waals surface area (Å²) in [6, 6.07) is 10.3. The van der Waals surface area contributed by atoms with Gasteiger partial charge in [-0.25, -0.2) is 9.79 Å². The van der Waals surface area contributed by atoms with Crippen LogP contribution < -0.4 is 29.1 Å². The Morgan fingerprint density at radius 1 is 1.26 bits per heavy atom. The van der Waals surface area contributed by atoms with E-state index in [0.29, 0.717) is 43.4 Å². The van der Waals surface area contributed by atoms with E-state index in [4.69, 9.17) is 18.9 Å². The van der Waals surface area contributed by atoms with Gasteiger partial charge < -0.3 is 18.9 Å². The number of nitrogens with zero attached hydrogens (tertiary/aromatic N) is 2. The third-order valence-electron chi connectivity index (χ3n) is 5.70. The van der Waals surface area contributed by atoms with Gasteiger partial charge in [-0.15, -0.1) is 0 Å². The zero-order valence-corrected chi connectivity index (χ0v) is 21.6. The number of rotatable bonds is 5. The highest BCUT2D eigenvalue weighted by Crippen LogP contribution is 2.38. The molecule has 0 saturated carbocycles. The molecule has 5 rings (SSSR count). The van der Waals surface area contributed by atoms with E-state index in [1.54, 1.807) is 43.7 Å². The molecule has 180 valence electrons. The molecule has 8 nitrogen and oxygen atoms in total. The first kappa shape index (κ1) is 23.4. The van der Waals surface area contributed by atoms with Crippen LogP contribution in [0.25, 0.3) is 6.08 Å². The molecule has 0 saturated heterocycles. The number of hydrogen-bond acceptors (Lipinski definition) is 8. The molecule has 0 N–H and O–H groups in total. The van der Waals surface area contributed by atoms with Gasteiger partial charge >= 0.3 is 5.97 Å². The van der Waals surface area contributed by atoms with Crippen LogP contribution in [0.15, 0.2) is 61.9 Å². The third kappa shape index (κ3) is 4.17. The molecule has 2 aromatic carbocycles. The number of benzene rings is 2. The normalized spacial score (nSPS) is 16.7. The summed E-state index contributed by atoms with van der Waals surface area (Å²) < 4.78 is 24.4. The average Bonchev–Trinajstić information content (AvgIpc) is 3.42. The van der Waals surface area contributed by atoms with Gasteiger partial charge in [0.25, 0.3) is 5.56 Å². The molecule has 2 aliphatic rings. The highest BCUT2D eigenvalue weighted by molar-refractivity contribution is 9.10. The number of thiazole rings is 1. The molecule has 0 bridgehead atoms. The molecule has 10 heteroatoms. The molecule has 0 fully saturated rings. The van der Waals surface area contributed by atoms with E-state index >= 15 is 0 Å². The second kappa shape index (κ2) is 9.35. The summed E-state index contributed by atoms with van der Waals surface area (Å²) in [5.41, 5.74) is 2.09. The Kier molecular flexibility index (Phi) is 6.24. The number of halogens is 1. The van der Waals surface area contributed by atoms with Crippen molar-refractivity contribution in [3.8, 4) is 17.2 Å². The van der Waals surface area contributed by atoms with E-state index in [9.17, 15) is 9.59 Å². The minimum atomic E-state index is -0.718. The lowest BCUT2D eigenvalue weighted by molar-refractivity contribution is -0.139. The number of carbonyl (C=O) groups excluding carboxylic acids is 1. The number of aromatic nitrogens is 1. The molecule has 1 aromatic heterocycles. The predicted molar refractivity (Wildman–Crippen MR) is 134 cm³/mol. The third-order valence-corrected chi connectivity index (χ3v) is 7.31. The van der Waals surface area contributed by atoms with Crippen LogP contribution in [0, 0.1) is 0 Å². The van der Waals surface area contributed by atoms with E-state index in [-0.39, 0.29) is 19.0 Å². The van der Waals surface area contributed by atoms with Crippen LogP contribution in [-0.2, 0) is 9.53 Å². The second-order valence-corrected chi connectivity index (χ2v) is 9.67. The summed E-state index contributed by atoms with van der Waals surface area (Å²) in [6.45, 7) is 3.83. The lowest BCUT2D eigenvalue weighted by Crippen LogP contribution is -2.39. The molecule has 0 spiro atoms. The zero-order valence-electron chi connectivity index (χ0n) is 19.2. The smallest absolute Gasteiger partial charge is 0.338 e. The van der Waals surface area contributed by atoms with Crippen molar-refractivity contribution in [2.45, 2.75) is 19.9 Å². The molecule has 0 radical (unpaired) electrons. The maximum Gasteiger partial charge on any atom is 0.338 e. The van der Waals surface area contributed by atoms with Crippen LogP contribution >= 0.6 is 27.3 Å². The monoisotopic (exact) mass is 556 g/mol. The minimum Gasteiger partial charge on any atom is -0.496 e. The van der Waals surface area contributed by atoms with Crippen molar-refractivity contribution in [1.29, 1.82) is 0 Å². The van der Waals surface area contributed by atoms with Crippen molar-refractivity contribution >= 4 is 39.3 Å². The maximum absolute atomic E-state index is 13.7. The molecule has 3 aromatic rings. The molecule has 0 aliphatic carbocycles. The van der Waals surface area contributed by atoms with Crippen LogP contribution in [0.4, 0.5) is 0 Å². The SMILES string of the molecule is CCOC(=O)C1=C(C)N=c2s/c(=C/c3ccc(OC)c(Br)c3)c(=O)n2[C@@H]1c1ccc2c(c1)OCO2. The highest BCUT2D eigenvalue weighted by atomic mass is 79.9. The lowest BCUT2D eigenvalue weighted by atomic mass is 9.95. The highest BCUT2D eigenvalue weighted by Gasteiger charge is 2.34. The predicted octanol–water partition coefficient (Wildman–Crippen LogP) is 3.30. The van der Waals surface area contributed by atoms with Gasteiger partial charge in [-0.3, -0.25) is 9.36 Å². The lowest BCUT2D eigenvalue weighted by Gasteiger charge is -2.24. The molecular formula is C25H21BrN2O6S. The number of allylic oxidation sites excluding steroid dienone is 1. The second-order valence-electron chi connectivity index (χ2n) is 7.81. The Bertz CT molecular complexity index is 1550. The quantitative estimate of drug-likeness (QED) is 0.448. The Labute approximate surface area is 212 Å². The molecule has 35 heavy (non-hydrogen) atoms. The van der Waals surface area contributed by atoms with E-state index in [0.717, 1.165) is 10.0 Å². The summed E-state index contributed by atoms with van der Waals surface area (Å²) in [6.07, 6.45) is 1.80. The van der Waals surface area contributed by atoms with Crippen LogP contribution in [-0.4, -0.2) is 31.0 Å². The molecule has 2 aliphatic heterocycles. The summed E-state index contributed by atoms with van der Waals surface area (Å²) >= 11 is 4.75. The maximum atomic E-state index is 13.7. The van der Waals surface area contributed by atoms with Crippen molar-refractivity contribution in [2.24, 2.45) is 4.99 Å². The first-order valence-electron chi connectivity index (χ1n) is 10.8. The van der Waals surface area contributed by atoms with Crippen molar-refractivity contribution in [3.63, 3.8) is 0 Å². The van der Waals surface area contributed by atoms with E-state index < -0.39 is 12.0 Å². The van der Waals surface area contributed by atoms with Crippen molar-refractivity contribution in [2.75, 3.05) is 20.5 Å². The van der Waals surface area contributed by atoms with Gasteiger partial charge in [-0.05, 0) is 71.2 Å². The van der Waals surface area contributed by atoms with E-state index in [1.165, 1.54) is 11.3 Å². The van der Waals surface area contributed by atoms with Gasteiger partial charge in [0.05, 0.1) is 40.0 Å². The number of fused-ring (bicyclic) bond motifs is 2. The number of ether oxygens (including phenoxy) is 4. The molecular weight excluding hydrogens is 536 g/mol. The molecule has 1 atom stereocenters. The van der Waals surface area contributed by atoms with Crippen molar-refractivity contribution < 1.29 is 23.7 Å². The largest absolute Gasteiger partial charge is 0.496 e. The van der Waals surface area contributed by atoms with E-state index in [2.05, 4.69) is 20.9 Å². The van der Waals surface area contributed by atoms with Crippen molar-refractivity contribution in [1.82, 2.24) is 4.57 Å². The molecule has 0 unspecified atom stereocenters. The fourth-order valence-electron chi connectivity index (χ4n) is 4.11. The molecule has 3 heterocycles. The Morgan fingerprint density at radius 3 is 2.80 bits per heavy atom. The number of hydrogen-bond donors (Lipinski definition) is 0. The molecule has 0 amide bonds. The number of methoxy groups -OCH3 is 1. The van der Waals surface area contributed by atoms with Gasteiger partial charge in [-0.2, -0.15) is 0 Å². The zero-order chi connectivity index (χ0) is 24.7. The summed E-state index contributed by atoms with van der Waals surface area (Å²) in [5, 5.41) is 0. The minimum absolute atomic E-state index is 0.124. The summed E-state index contributed by atoms with van der Waals surface area (Å²) in [4.78, 5) is 31.8. The van der Waals surface area contributed by atoms with Gasteiger partial charge in [0.2, 0.25) is 6.79 Å². The van der Waals surface area contributed by atoms with Gasteiger partial charge in [-0.1, -0.05) is 23.5 Å². The van der Waals surface area contributed by atoms with E-state index in [1.807, 2.05) is 24.3 Å². The van der Waals surface area contributed by atoms with Crippen LogP contribution in [0.5, 0.6) is 17.2 Å². The average molecular weight is 557 g/mol. The number of carbonyl (C=O) groups is 1.